The van der Waals surface area contributed by atoms with E-state index in [-0.39, 0.29) is 24.6 Å². The lowest BCUT2D eigenvalue weighted by Crippen LogP contribution is -2.41. The van der Waals surface area contributed by atoms with Crippen LogP contribution in [0.4, 0.5) is 5.69 Å². The Morgan fingerprint density at radius 3 is 3.11 bits per heavy atom. The van der Waals surface area contributed by atoms with Crippen LogP contribution in [0.25, 0.3) is 0 Å². The minimum atomic E-state index is -0.0767. The third kappa shape index (κ3) is 4.49. The largest absolute Gasteiger partial charge is 0.377 e. The number of nitrogens with one attached hydrogen (secondary N) is 2. The van der Waals surface area contributed by atoms with Crippen LogP contribution in [0.5, 0.6) is 0 Å². The lowest BCUT2D eigenvalue weighted by molar-refractivity contribution is -0.115. The van der Waals surface area contributed by atoms with Gasteiger partial charge in [-0.1, -0.05) is 17.7 Å². The molecule has 0 aliphatic carbocycles. The first-order valence-corrected chi connectivity index (χ1v) is 6.93. The van der Waals surface area contributed by atoms with Gasteiger partial charge in [0, 0.05) is 23.4 Å². The van der Waals surface area contributed by atoms with Gasteiger partial charge in [-0.15, -0.1) is 0 Å². The van der Waals surface area contributed by atoms with Gasteiger partial charge < -0.3 is 15.4 Å². The second kappa shape index (κ2) is 6.89. The van der Waals surface area contributed by atoms with Crippen molar-refractivity contribution in [3.63, 3.8) is 0 Å². The standard InChI is InChI=1S/C14H19ClN2O2/c1-10(13-6-3-7-19-13)16-9-14(18)17-12-5-2-4-11(15)8-12/h2,4-5,8,10,13,16H,3,6-7,9H2,1H3,(H,17,18). The highest BCUT2D eigenvalue weighted by Crippen LogP contribution is 2.16. The molecule has 0 spiro atoms. The monoisotopic (exact) mass is 282 g/mol. The van der Waals surface area contributed by atoms with E-state index in [4.69, 9.17) is 16.3 Å². The van der Waals surface area contributed by atoms with Gasteiger partial charge in [-0.3, -0.25) is 4.79 Å². The maximum absolute atomic E-state index is 11.8. The quantitative estimate of drug-likeness (QED) is 0.872. The van der Waals surface area contributed by atoms with Crippen LogP contribution in [0, 0.1) is 0 Å². The van der Waals surface area contributed by atoms with E-state index < -0.39 is 0 Å². The molecule has 2 rings (SSSR count). The number of carbonyl (C=O) groups is 1. The Morgan fingerprint density at radius 1 is 1.58 bits per heavy atom. The van der Waals surface area contributed by atoms with Crippen molar-refractivity contribution in [2.45, 2.75) is 31.9 Å². The lowest BCUT2D eigenvalue weighted by atomic mass is 10.1. The van der Waals surface area contributed by atoms with Gasteiger partial charge in [-0.2, -0.15) is 0 Å². The SMILES string of the molecule is CC(NCC(=O)Nc1cccc(Cl)c1)C1CCCO1. The molecule has 1 aromatic rings. The van der Waals surface area contributed by atoms with Crippen molar-refractivity contribution in [3.05, 3.63) is 29.3 Å². The highest BCUT2D eigenvalue weighted by atomic mass is 35.5. The summed E-state index contributed by atoms with van der Waals surface area (Å²) in [6, 6.07) is 7.30. The van der Waals surface area contributed by atoms with Crippen LogP contribution in [0.1, 0.15) is 19.8 Å². The van der Waals surface area contributed by atoms with E-state index in [0.717, 1.165) is 19.4 Å². The first-order valence-electron chi connectivity index (χ1n) is 6.55. The van der Waals surface area contributed by atoms with Crippen LogP contribution in [0.15, 0.2) is 24.3 Å². The smallest absolute Gasteiger partial charge is 0.238 e. The second-order valence-electron chi connectivity index (χ2n) is 4.78. The Labute approximate surface area is 118 Å². The molecule has 0 bridgehead atoms. The molecule has 1 saturated heterocycles. The van der Waals surface area contributed by atoms with Gasteiger partial charge in [0.25, 0.3) is 0 Å². The molecular weight excluding hydrogens is 264 g/mol. The van der Waals surface area contributed by atoms with Gasteiger partial charge in [0.2, 0.25) is 5.91 Å². The molecule has 1 aliphatic heterocycles. The number of carbonyl (C=O) groups excluding carboxylic acids is 1. The van der Waals surface area contributed by atoms with Crippen molar-refractivity contribution in [2.24, 2.45) is 0 Å². The van der Waals surface area contributed by atoms with E-state index in [9.17, 15) is 4.79 Å². The minimum absolute atomic E-state index is 0.0767. The van der Waals surface area contributed by atoms with Crippen LogP contribution >= 0.6 is 11.6 Å². The van der Waals surface area contributed by atoms with E-state index in [2.05, 4.69) is 10.6 Å². The fourth-order valence-electron chi connectivity index (χ4n) is 2.15. The Kier molecular flexibility index (Phi) is 5.19. The molecule has 4 nitrogen and oxygen atoms in total. The fraction of sp³-hybridized carbons (Fsp3) is 0.500. The third-order valence-corrected chi connectivity index (χ3v) is 3.45. The predicted octanol–water partition coefficient (Wildman–Crippen LogP) is 2.44. The van der Waals surface area contributed by atoms with Crippen molar-refractivity contribution in [1.29, 1.82) is 0 Å². The summed E-state index contributed by atoms with van der Waals surface area (Å²) >= 11 is 5.86. The van der Waals surface area contributed by atoms with Gasteiger partial charge >= 0.3 is 0 Å². The van der Waals surface area contributed by atoms with E-state index >= 15 is 0 Å². The molecule has 2 N–H and O–H groups in total. The first kappa shape index (κ1) is 14.3. The molecule has 1 fully saturated rings. The number of benzene rings is 1. The Hall–Kier alpha value is -1.10. The zero-order valence-corrected chi connectivity index (χ0v) is 11.7. The first-order chi connectivity index (χ1) is 9.15. The fourth-order valence-corrected chi connectivity index (χ4v) is 2.34. The predicted molar refractivity (Wildman–Crippen MR) is 76.5 cm³/mol. The summed E-state index contributed by atoms with van der Waals surface area (Å²) in [5, 5.41) is 6.60. The molecule has 1 amide bonds. The summed E-state index contributed by atoms with van der Waals surface area (Å²) in [4.78, 5) is 11.8. The van der Waals surface area contributed by atoms with Crippen LogP contribution in [-0.2, 0) is 9.53 Å². The van der Waals surface area contributed by atoms with Crippen LogP contribution in [0.3, 0.4) is 0 Å². The van der Waals surface area contributed by atoms with Gasteiger partial charge in [0.15, 0.2) is 0 Å². The highest BCUT2D eigenvalue weighted by molar-refractivity contribution is 6.30. The van der Waals surface area contributed by atoms with Gasteiger partial charge in [0.05, 0.1) is 12.6 Å². The lowest BCUT2D eigenvalue weighted by Gasteiger charge is -2.19. The second-order valence-corrected chi connectivity index (χ2v) is 5.22. The molecule has 0 aromatic heterocycles. The zero-order chi connectivity index (χ0) is 13.7. The summed E-state index contributed by atoms with van der Waals surface area (Å²) in [6.45, 7) is 3.14. The number of hydrogen-bond acceptors (Lipinski definition) is 3. The summed E-state index contributed by atoms with van der Waals surface area (Å²) in [5.74, 6) is -0.0767. The molecule has 2 atom stereocenters. The normalized spacial score (nSPS) is 20.2. The Morgan fingerprint density at radius 2 is 2.42 bits per heavy atom. The number of anilines is 1. The molecule has 2 unspecified atom stereocenters. The van der Waals surface area contributed by atoms with Gasteiger partial charge in [-0.05, 0) is 38.0 Å². The molecule has 19 heavy (non-hydrogen) atoms. The summed E-state index contributed by atoms with van der Waals surface area (Å²) in [6.07, 6.45) is 2.38. The average molecular weight is 283 g/mol. The minimum Gasteiger partial charge on any atom is -0.377 e. The van der Waals surface area contributed by atoms with E-state index in [1.165, 1.54) is 0 Å². The topological polar surface area (TPSA) is 50.4 Å². The molecule has 0 radical (unpaired) electrons. The number of hydrogen-bond donors (Lipinski definition) is 2. The van der Waals surface area contributed by atoms with Crippen molar-refractivity contribution >= 4 is 23.2 Å². The average Bonchev–Trinajstić information content (AvgIpc) is 2.90. The molecule has 1 aromatic carbocycles. The Bertz CT molecular complexity index is 433. The zero-order valence-electron chi connectivity index (χ0n) is 11.0. The summed E-state index contributed by atoms with van der Waals surface area (Å²) < 4.78 is 5.57. The molecular formula is C14H19ClN2O2. The van der Waals surface area contributed by atoms with Crippen LogP contribution in [0.2, 0.25) is 5.02 Å². The summed E-state index contributed by atoms with van der Waals surface area (Å²) in [5.41, 5.74) is 0.712. The highest BCUT2D eigenvalue weighted by Gasteiger charge is 2.22. The van der Waals surface area contributed by atoms with Crippen LogP contribution in [-0.4, -0.2) is 31.2 Å². The van der Waals surface area contributed by atoms with Crippen LogP contribution < -0.4 is 10.6 Å². The molecule has 1 aliphatic rings. The molecule has 104 valence electrons. The molecule has 1 heterocycles. The third-order valence-electron chi connectivity index (χ3n) is 3.22. The number of ether oxygens (including phenoxy) is 1. The van der Waals surface area contributed by atoms with Gasteiger partial charge in [-0.25, -0.2) is 0 Å². The maximum Gasteiger partial charge on any atom is 0.238 e. The number of halogens is 1. The summed E-state index contributed by atoms with van der Waals surface area (Å²) in [7, 11) is 0. The van der Waals surface area contributed by atoms with Crippen molar-refractivity contribution in [2.75, 3.05) is 18.5 Å². The van der Waals surface area contributed by atoms with E-state index in [0.29, 0.717) is 10.7 Å². The number of amides is 1. The molecule has 0 saturated carbocycles. The van der Waals surface area contributed by atoms with E-state index in [1.54, 1.807) is 18.2 Å². The van der Waals surface area contributed by atoms with Crippen molar-refractivity contribution in [1.82, 2.24) is 5.32 Å². The number of rotatable bonds is 5. The van der Waals surface area contributed by atoms with E-state index in [1.807, 2.05) is 13.0 Å². The molecule has 5 heteroatoms. The Balaban J connectivity index is 1.75. The van der Waals surface area contributed by atoms with Crippen molar-refractivity contribution in [3.8, 4) is 0 Å². The maximum atomic E-state index is 11.8. The van der Waals surface area contributed by atoms with Gasteiger partial charge in [0.1, 0.15) is 0 Å². The van der Waals surface area contributed by atoms with Crippen molar-refractivity contribution < 1.29 is 9.53 Å².